The van der Waals surface area contributed by atoms with Gasteiger partial charge in [-0.2, -0.15) is 0 Å². The third-order valence-electron chi connectivity index (χ3n) is 7.66. The number of benzene rings is 6. The Morgan fingerprint density at radius 2 is 0.712 bits per heavy atom. The van der Waals surface area contributed by atoms with Crippen LogP contribution in [0.3, 0.4) is 0 Å². The molecular weight excluding hydrogens is 950 g/mol. The normalized spacial score (nSPS) is 11.2. The number of halogens is 9. The van der Waals surface area contributed by atoms with Crippen LogP contribution in [0, 0.1) is 17.5 Å². The van der Waals surface area contributed by atoms with Crippen LogP contribution in [0.5, 0.6) is 17.2 Å². The van der Waals surface area contributed by atoms with Gasteiger partial charge >= 0.3 is 0 Å². The highest BCUT2D eigenvalue weighted by atomic mass is 79.9. The summed E-state index contributed by atoms with van der Waals surface area (Å²) in [4.78, 5) is 0. The minimum Gasteiger partial charge on any atom is -0.488 e. The second-order valence-electron chi connectivity index (χ2n) is 11.2. The van der Waals surface area contributed by atoms with Gasteiger partial charge in [-0.05, 0) is 98.9 Å². The molecular formula is C39H24Br3Cl3F3O3P. The lowest BCUT2D eigenvalue weighted by Crippen LogP contribution is -2.25. The van der Waals surface area contributed by atoms with Crippen LogP contribution in [0.2, 0.25) is 15.1 Å². The summed E-state index contributed by atoms with van der Waals surface area (Å²) in [5.41, 5.74) is 2.17. The van der Waals surface area contributed by atoms with Gasteiger partial charge in [0, 0.05) is 79.3 Å². The highest BCUT2D eigenvalue weighted by Gasteiger charge is 2.28. The molecule has 3 nitrogen and oxygen atoms in total. The van der Waals surface area contributed by atoms with Crippen molar-refractivity contribution in [2.45, 2.75) is 19.8 Å². The summed E-state index contributed by atoms with van der Waals surface area (Å²) in [6, 6.07) is 28.4. The van der Waals surface area contributed by atoms with E-state index in [2.05, 4.69) is 47.8 Å². The molecule has 0 saturated carbocycles. The standard InChI is InChI=1S/C39H24Br3Cl3F3O3P/c40-31-7-1-25(43)13-22(31)19-49-34-16-28(46)4-10-37(34)52(38-11-5-29(47)17-35(38)50-20-23-14-26(44)2-8-32(23)41)39-12-6-30(48)18-36(39)51-21-24-15-27(45)3-9-33(24)42/h1-18H,19-21H2. The lowest BCUT2D eigenvalue weighted by atomic mass is 10.2. The van der Waals surface area contributed by atoms with E-state index in [9.17, 15) is 0 Å². The summed E-state index contributed by atoms with van der Waals surface area (Å²) in [6.45, 7) is 0.101. The molecule has 0 amide bonds. The highest BCUT2D eigenvalue weighted by Crippen LogP contribution is 2.43. The van der Waals surface area contributed by atoms with E-state index in [4.69, 9.17) is 49.0 Å². The zero-order valence-electron chi connectivity index (χ0n) is 26.6. The van der Waals surface area contributed by atoms with E-state index < -0.39 is 25.4 Å². The SMILES string of the molecule is Fc1ccc(P(c2ccc(F)cc2OCc2cc(Cl)ccc2Br)c2ccc(F)cc2OCc2cc(Cl)ccc2Br)c(OCc2cc(Cl)ccc2Br)c1. The molecule has 0 saturated heterocycles. The summed E-state index contributed by atoms with van der Waals surface area (Å²) in [6.07, 6.45) is 0. The number of ether oxygens (including phenoxy) is 3. The molecule has 52 heavy (non-hydrogen) atoms. The van der Waals surface area contributed by atoms with Crippen molar-refractivity contribution >= 4 is 106 Å². The third kappa shape index (κ3) is 9.67. The first-order chi connectivity index (χ1) is 24.9. The fraction of sp³-hybridized carbons (Fsp3) is 0.0769. The van der Waals surface area contributed by atoms with Crippen LogP contribution in [-0.4, -0.2) is 0 Å². The van der Waals surface area contributed by atoms with Crippen molar-refractivity contribution in [1.82, 2.24) is 0 Å². The maximum atomic E-state index is 15.0. The van der Waals surface area contributed by atoms with Crippen LogP contribution in [-0.2, 0) is 19.8 Å². The maximum absolute atomic E-state index is 15.0. The van der Waals surface area contributed by atoms with E-state index in [0.717, 1.165) is 30.1 Å². The van der Waals surface area contributed by atoms with Gasteiger partial charge in [0.25, 0.3) is 0 Å². The van der Waals surface area contributed by atoms with Gasteiger partial charge in [0.15, 0.2) is 0 Å². The molecule has 0 radical (unpaired) electrons. The second-order valence-corrected chi connectivity index (χ2v) is 17.2. The molecule has 0 spiro atoms. The molecule has 6 aromatic carbocycles. The van der Waals surface area contributed by atoms with Crippen LogP contribution >= 0.6 is 90.5 Å². The van der Waals surface area contributed by atoms with Crippen LogP contribution in [0.1, 0.15) is 16.7 Å². The number of hydrogen-bond acceptors (Lipinski definition) is 3. The Hall–Kier alpha value is -2.75. The molecule has 0 N–H and O–H groups in total. The fourth-order valence-corrected chi connectivity index (χ4v) is 9.35. The van der Waals surface area contributed by atoms with Crippen molar-refractivity contribution in [3.63, 3.8) is 0 Å². The van der Waals surface area contributed by atoms with E-state index in [0.29, 0.717) is 31.0 Å². The molecule has 0 heterocycles. The van der Waals surface area contributed by atoms with Crippen LogP contribution in [0.25, 0.3) is 0 Å². The fourth-order valence-electron chi connectivity index (χ4n) is 5.18. The summed E-state index contributed by atoms with van der Waals surface area (Å²) < 4.78 is 66.3. The first-order valence-electron chi connectivity index (χ1n) is 15.3. The van der Waals surface area contributed by atoms with Gasteiger partial charge < -0.3 is 14.2 Å². The molecule has 13 heteroatoms. The Bertz CT molecular complexity index is 2010. The zero-order valence-corrected chi connectivity index (χ0v) is 34.5. The first kappa shape index (κ1) is 39.0. The Morgan fingerprint density at radius 3 is 1.00 bits per heavy atom. The monoisotopic (exact) mass is 970 g/mol. The quantitative estimate of drug-likeness (QED) is 0.114. The van der Waals surface area contributed by atoms with E-state index in [1.807, 2.05) is 0 Å². The lowest BCUT2D eigenvalue weighted by molar-refractivity contribution is 0.305. The molecule has 6 rings (SSSR count). The Labute approximate surface area is 340 Å². The van der Waals surface area contributed by atoms with Gasteiger partial charge in [-0.25, -0.2) is 13.2 Å². The van der Waals surface area contributed by atoms with Crippen molar-refractivity contribution in [3.8, 4) is 17.2 Å². The van der Waals surface area contributed by atoms with Gasteiger partial charge in [-0.3, -0.25) is 0 Å². The van der Waals surface area contributed by atoms with E-state index in [1.165, 1.54) is 36.4 Å². The lowest BCUT2D eigenvalue weighted by Gasteiger charge is -2.26. The van der Waals surface area contributed by atoms with Crippen LogP contribution < -0.4 is 30.1 Å². The molecule has 0 bridgehead atoms. The summed E-state index contributed by atoms with van der Waals surface area (Å²) in [7, 11) is -1.82. The molecule has 266 valence electrons. The molecule has 6 aromatic rings. The minimum atomic E-state index is -1.82. The summed E-state index contributed by atoms with van der Waals surface area (Å²) in [5, 5.41) is 3.12. The van der Waals surface area contributed by atoms with Gasteiger partial charge in [0.05, 0.1) is 0 Å². The van der Waals surface area contributed by atoms with Crippen molar-refractivity contribution in [3.05, 3.63) is 172 Å². The molecule has 0 fully saturated rings. The Kier molecular flexibility index (Phi) is 13.2. The molecule has 0 aliphatic carbocycles. The van der Waals surface area contributed by atoms with Crippen molar-refractivity contribution in [2.24, 2.45) is 0 Å². The van der Waals surface area contributed by atoms with Crippen LogP contribution in [0.15, 0.2) is 123 Å². The van der Waals surface area contributed by atoms with Gasteiger partial charge in [-0.1, -0.05) is 82.6 Å². The van der Waals surface area contributed by atoms with E-state index in [-0.39, 0.29) is 37.1 Å². The largest absolute Gasteiger partial charge is 0.488 e. The predicted octanol–water partition coefficient (Wildman–Crippen LogP) is 12.8. The predicted molar refractivity (Wildman–Crippen MR) is 215 cm³/mol. The number of hydrogen-bond donors (Lipinski definition) is 0. The van der Waals surface area contributed by atoms with E-state index >= 15 is 13.2 Å². The van der Waals surface area contributed by atoms with Gasteiger partial charge in [0.2, 0.25) is 0 Å². The van der Waals surface area contributed by atoms with E-state index in [1.54, 1.807) is 72.8 Å². The zero-order chi connectivity index (χ0) is 36.9. The third-order valence-corrected chi connectivity index (χ3v) is 13.2. The molecule has 0 atom stereocenters. The summed E-state index contributed by atoms with van der Waals surface area (Å²) in [5.74, 6) is -0.999. The Morgan fingerprint density at radius 1 is 0.423 bits per heavy atom. The Balaban J connectivity index is 1.50. The van der Waals surface area contributed by atoms with Crippen molar-refractivity contribution in [2.75, 3.05) is 0 Å². The van der Waals surface area contributed by atoms with Gasteiger partial charge in [-0.15, -0.1) is 0 Å². The molecule has 0 unspecified atom stereocenters. The molecule has 0 aliphatic heterocycles. The van der Waals surface area contributed by atoms with Gasteiger partial charge in [0.1, 0.15) is 54.5 Å². The average molecular weight is 975 g/mol. The second kappa shape index (κ2) is 17.6. The minimum absolute atomic E-state index is 0.0336. The topological polar surface area (TPSA) is 27.7 Å². The molecule has 0 aromatic heterocycles. The smallest absolute Gasteiger partial charge is 0.131 e. The highest BCUT2D eigenvalue weighted by molar-refractivity contribution is 9.11. The average Bonchev–Trinajstić information content (AvgIpc) is 3.11. The maximum Gasteiger partial charge on any atom is 0.131 e. The van der Waals surface area contributed by atoms with Crippen LogP contribution in [0.4, 0.5) is 13.2 Å². The first-order valence-corrected chi connectivity index (χ1v) is 20.2. The number of rotatable bonds is 12. The van der Waals surface area contributed by atoms with Crippen molar-refractivity contribution in [1.29, 1.82) is 0 Å². The molecule has 0 aliphatic rings. The van der Waals surface area contributed by atoms with Crippen molar-refractivity contribution < 1.29 is 27.4 Å². The summed E-state index contributed by atoms with van der Waals surface area (Å²) >= 11 is 29.4.